The molecule has 4 rings (SSSR count). The largest absolute Gasteiger partial charge is 0.444 e. The number of nitrogen functional groups attached to an aromatic ring is 1. The lowest BCUT2D eigenvalue weighted by molar-refractivity contribution is -0.142. The number of piperidine rings is 1. The van der Waals surface area contributed by atoms with Crippen LogP contribution in [0.3, 0.4) is 0 Å². The highest BCUT2D eigenvalue weighted by Crippen LogP contribution is 2.39. The normalized spacial score (nSPS) is 18.7. The average molecular weight is 643 g/mol. The molecule has 0 radical (unpaired) electrons. The highest BCUT2D eigenvalue weighted by Gasteiger charge is 2.46. The minimum atomic E-state index is -4.73. The number of amides is 3. The number of ether oxygens (including phenoxy) is 1. The number of alkyl halides is 3. The molecule has 1 aliphatic carbocycles. The van der Waals surface area contributed by atoms with Crippen molar-refractivity contribution >= 4 is 35.0 Å². The molecule has 2 aromatic carbocycles. The van der Waals surface area contributed by atoms with E-state index in [-0.39, 0.29) is 49.9 Å². The van der Waals surface area contributed by atoms with Crippen LogP contribution in [0.15, 0.2) is 66.3 Å². The lowest BCUT2D eigenvalue weighted by atomic mass is 9.74. The summed E-state index contributed by atoms with van der Waals surface area (Å²) >= 11 is 0. The number of nitrogens with zero attached hydrogens (tertiary/aromatic N) is 1. The van der Waals surface area contributed by atoms with Crippen LogP contribution in [0.1, 0.15) is 70.4 Å². The molecule has 2 unspecified atom stereocenters. The molecule has 1 heterocycles. The van der Waals surface area contributed by atoms with E-state index in [0.29, 0.717) is 17.7 Å². The number of aliphatic hydroxyl groups is 1. The molecular weight excluding hydrogens is 601 g/mol. The van der Waals surface area contributed by atoms with Crippen molar-refractivity contribution in [2.24, 2.45) is 5.92 Å². The second-order valence-corrected chi connectivity index (χ2v) is 12.9. The van der Waals surface area contributed by atoms with E-state index in [4.69, 9.17) is 10.5 Å². The van der Waals surface area contributed by atoms with Gasteiger partial charge in [-0.3, -0.25) is 9.59 Å². The molecule has 2 atom stereocenters. The van der Waals surface area contributed by atoms with Crippen LogP contribution in [-0.2, 0) is 20.5 Å². The summed E-state index contributed by atoms with van der Waals surface area (Å²) < 4.78 is 46.1. The quantitative estimate of drug-likeness (QED) is 0.251. The Balaban J connectivity index is 1.60. The fourth-order valence-corrected chi connectivity index (χ4v) is 5.82. The van der Waals surface area contributed by atoms with E-state index < -0.39 is 46.5 Å². The Labute approximate surface area is 266 Å². The molecule has 46 heavy (non-hydrogen) atoms. The van der Waals surface area contributed by atoms with E-state index in [9.17, 15) is 32.7 Å². The van der Waals surface area contributed by atoms with Gasteiger partial charge >= 0.3 is 12.3 Å². The van der Waals surface area contributed by atoms with Crippen molar-refractivity contribution in [3.8, 4) is 0 Å². The van der Waals surface area contributed by atoms with Crippen molar-refractivity contribution in [1.82, 2.24) is 4.90 Å². The number of hydrogen-bond acceptors (Lipinski definition) is 6. The zero-order chi connectivity index (χ0) is 33.9. The van der Waals surface area contributed by atoms with Gasteiger partial charge in [-0.2, -0.15) is 13.2 Å². The smallest absolute Gasteiger partial charge is 0.418 e. The summed E-state index contributed by atoms with van der Waals surface area (Å²) in [6.07, 6.45) is 1.62. The molecule has 248 valence electrons. The number of likely N-dealkylation sites (tertiary alicyclic amines) is 1. The van der Waals surface area contributed by atoms with E-state index in [0.717, 1.165) is 17.7 Å². The summed E-state index contributed by atoms with van der Waals surface area (Å²) in [5, 5.41) is 17.4. The van der Waals surface area contributed by atoms with Crippen LogP contribution >= 0.6 is 0 Å². The highest BCUT2D eigenvalue weighted by molar-refractivity contribution is 5.98. The van der Waals surface area contributed by atoms with Crippen molar-refractivity contribution in [2.45, 2.75) is 76.7 Å². The highest BCUT2D eigenvalue weighted by atomic mass is 19.4. The summed E-state index contributed by atoms with van der Waals surface area (Å²) in [6.45, 7) is 7.17. The van der Waals surface area contributed by atoms with Crippen molar-refractivity contribution in [3.63, 3.8) is 0 Å². The molecule has 9 nitrogen and oxygen atoms in total. The van der Waals surface area contributed by atoms with Gasteiger partial charge in [-0.15, -0.1) is 0 Å². The first-order valence-corrected chi connectivity index (χ1v) is 15.2. The average Bonchev–Trinajstić information content (AvgIpc) is 2.97. The minimum absolute atomic E-state index is 0.0702. The Kier molecular flexibility index (Phi) is 10.2. The fourth-order valence-electron chi connectivity index (χ4n) is 5.82. The fraction of sp³-hybridized carbons (Fsp3) is 0.441. The van der Waals surface area contributed by atoms with Crippen LogP contribution in [0.5, 0.6) is 0 Å². The molecule has 1 saturated heterocycles. The summed E-state index contributed by atoms with van der Waals surface area (Å²) in [4.78, 5) is 39.5. The van der Waals surface area contributed by atoms with Gasteiger partial charge in [-0.25, -0.2) is 4.79 Å². The maximum Gasteiger partial charge on any atom is 0.418 e. The zero-order valence-electron chi connectivity index (χ0n) is 26.4. The van der Waals surface area contributed by atoms with Crippen molar-refractivity contribution < 1.29 is 37.4 Å². The molecule has 2 aliphatic rings. The first kappa shape index (κ1) is 34.6. The van der Waals surface area contributed by atoms with Gasteiger partial charge in [-0.05, 0) is 81.5 Å². The number of halogens is 3. The van der Waals surface area contributed by atoms with Crippen LogP contribution in [0.4, 0.5) is 35.0 Å². The Hall–Kier alpha value is -4.32. The number of rotatable bonds is 7. The Bertz CT molecular complexity index is 1510. The molecular formula is C34H41F3N4O5. The number of hydrogen-bond donors (Lipinski definition) is 4. The summed E-state index contributed by atoms with van der Waals surface area (Å²) in [5.74, 6) is -1.72. The second-order valence-electron chi connectivity index (χ2n) is 12.9. The van der Waals surface area contributed by atoms with Gasteiger partial charge in [-0.1, -0.05) is 30.4 Å². The Morgan fingerprint density at radius 2 is 1.63 bits per heavy atom. The van der Waals surface area contributed by atoms with E-state index in [1.807, 2.05) is 30.4 Å². The van der Waals surface area contributed by atoms with E-state index in [2.05, 4.69) is 10.6 Å². The first-order chi connectivity index (χ1) is 21.4. The Morgan fingerprint density at radius 3 is 2.22 bits per heavy atom. The third-order valence-corrected chi connectivity index (χ3v) is 8.10. The number of nitrogens with two attached hydrogens (primary N) is 1. The van der Waals surface area contributed by atoms with Crippen LogP contribution in [0, 0.1) is 5.92 Å². The van der Waals surface area contributed by atoms with Gasteiger partial charge in [0.05, 0.1) is 5.56 Å². The molecule has 0 aromatic heterocycles. The molecule has 0 spiro atoms. The zero-order valence-corrected chi connectivity index (χ0v) is 26.4. The van der Waals surface area contributed by atoms with Gasteiger partial charge in [0.2, 0.25) is 5.91 Å². The van der Waals surface area contributed by atoms with Crippen LogP contribution in [0.25, 0.3) is 0 Å². The van der Waals surface area contributed by atoms with E-state index in [1.54, 1.807) is 32.9 Å². The van der Waals surface area contributed by atoms with Crippen molar-refractivity contribution in [1.29, 1.82) is 0 Å². The lowest BCUT2D eigenvalue weighted by Gasteiger charge is -2.41. The molecule has 1 aliphatic heterocycles. The lowest BCUT2D eigenvalue weighted by Crippen LogP contribution is -2.54. The Morgan fingerprint density at radius 1 is 1.00 bits per heavy atom. The molecule has 12 heteroatoms. The third-order valence-electron chi connectivity index (χ3n) is 8.10. The van der Waals surface area contributed by atoms with Gasteiger partial charge in [0.25, 0.3) is 5.91 Å². The molecule has 2 aromatic rings. The predicted octanol–water partition coefficient (Wildman–Crippen LogP) is 6.62. The summed E-state index contributed by atoms with van der Waals surface area (Å²) in [6, 6.07) is 10.5. The second kappa shape index (κ2) is 13.6. The molecule has 0 bridgehead atoms. The number of allylic oxidation sites excluding steroid dienone is 3. The third kappa shape index (κ3) is 8.68. The van der Waals surface area contributed by atoms with Crippen LogP contribution in [0.2, 0.25) is 0 Å². The van der Waals surface area contributed by atoms with Gasteiger partial charge in [0, 0.05) is 55.3 Å². The SMILES string of the molecule is CC(=O)Nc1ccc(C2C=C(CC(O)(C(=O)Nc3ccc(N)c(C(F)(F)F)c3)C3CCN(C(=O)OC(C)(C)C)CC3)C=CC2)cc1. The maximum atomic E-state index is 13.9. The van der Waals surface area contributed by atoms with Crippen molar-refractivity contribution in [3.05, 3.63) is 77.4 Å². The number of benzene rings is 2. The van der Waals surface area contributed by atoms with Crippen molar-refractivity contribution in [2.75, 3.05) is 29.5 Å². The van der Waals surface area contributed by atoms with Gasteiger partial charge in [0.1, 0.15) is 11.2 Å². The van der Waals surface area contributed by atoms with Crippen LogP contribution in [-0.4, -0.2) is 52.2 Å². The first-order valence-electron chi connectivity index (χ1n) is 15.2. The predicted molar refractivity (Wildman–Crippen MR) is 170 cm³/mol. The van der Waals surface area contributed by atoms with E-state index >= 15 is 0 Å². The topological polar surface area (TPSA) is 134 Å². The molecule has 3 amide bonds. The summed E-state index contributed by atoms with van der Waals surface area (Å²) in [7, 11) is 0. The van der Waals surface area contributed by atoms with Gasteiger partial charge < -0.3 is 31.1 Å². The number of carbonyl (C=O) groups excluding carboxylic acids is 3. The number of nitrogens with one attached hydrogen (secondary N) is 2. The molecule has 5 N–H and O–H groups in total. The standard InChI is InChI=1S/C34H41F3N4O5/c1-21(42)39-26-10-8-23(9-11-26)24-7-5-6-22(18-24)20-33(45,25-14-16-41(17-15-25)31(44)46-32(2,3)4)30(43)40-27-12-13-29(38)28(19-27)34(35,36)37/h5-6,8-13,18-19,24-25,45H,7,14-17,20,38H2,1-4H3,(H,39,42)(H,40,43). The van der Waals surface area contributed by atoms with E-state index in [1.165, 1.54) is 17.9 Å². The van der Waals surface area contributed by atoms with Crippen LogP contribution < -0.4 is 16.4 Å². The summed E-state index contributed by atoms with van der Waals surface area (Å²) in [5.41, 5.74) is 3.41. The molecule has 1 fully saturated rings. The van der Waals surface area contributed by atoms with Gasteiger partial charge in [0.15, 0.2) is 0 Å². The monoisotopic (exact) mass is 642 g/mol. The number of carbonyl (C=O) groups is 3. The minimum Gasteiger partial charge on any atom is -0.444 e. The maximum absolute atomic E-state index is 13.9. The molecule has 0 saturated carbocycles. The number of anilines is 3.